The molecule has 1 unspecified atom stereocenters. The van der Waals surface area contributed by atoms with Crippen LogP contribution in [0.15, 0.2) is 0 Å². The van der Waals surface area contributed by atoms with E-state index in [2.05, 4.69) is 0 Å². The van der Waals surface area contributed by atoms with Crippen LogP contribution in [0.4, 0.5) is 0 Å². The number of aliphatic carboxylic acids is 1. The number of carbonyl (C=O) groups is 3. The molecule has 2 saturated heterocycles. The predicted octanol–water partition coefficient (Wildman–Crippen LogP) is -0.709. The topological polar surface area (TPSA) is 98.1 Å². The van der Waals surface area contributed by atoms with E-state index in [-0.39, 0.29) is 31.2 Å². The maximum atomic E-state index is 12.5. The first-order valence-electron chi connectivity index (χ1n) is 7.45. The van der Waals surface area contributed by atoms with Gasteiger partial charge in [0.1, 0.15) is 6.04 Å². The van der Waals surface area contributed by atoms with Gasteiger partial charge in [-0.25, -0.2) is 4.79 Å². The summed E-state index contributed by atoms with van der Waals surface area (Å²) in [6, 6.07) is -0.972. The molecule has 7 heteroatoms. The Bertz CT molecular complexity index is 476. The van der Waals surface area contributed by atoms with Gasteiger partial charge in [-0.15, -0.1) is 0 Å². The summed E-state index contributed by atoms with van der Waals surface area (Å²) >= 11 is 0. The van der Waals surface area contributed by atoms with Crippen LogP contribution in [-0.2, 0) is 14.4 Å². The van der Waals surface area contributed by atoms with Crippen molar-refractivity contribution < 1.29 is 24.6 Å². The van der Waals surface area contributed by atoms with Gasteiger partial charge in [0.2, 0.25) is 11.8 Å². The summed E-state index contributed by atoms with van der Waals surface area (Å²) in [4.78, 5) is 38.5. The minimum atomic E-state index is -1.10. The van der Waals surface area contributed by atoms with Crippen LogP contribution in [0, 0.1) is 11.8 Å². The molecule has 2 N–H and O–H groups in total. The molecule has 1 aliphatic carbocycles. The van der Waals surface area contributed by atoms with Gasteiger partial charge in [0.15, 0.2) is 0 Å². The quantitative estimate of drug-likeness (QED) is 0.714. The summed E-state index contributed by atoms with van der Waals surface area (Å²) < 4.78 is 0. The van der Waals surface area contributed by atoms with Crippen molar-refractivity contribution >= 4 is 17.8 Å². The maximum absolute atomic E-state index is 12.5. The van der Waals surface area contributed by atoms with Crippen LogP contribution in [0.2, 0.25) is 0 Å². The van der Waals surface area contributed by atoms with Crippen LogP contribution in [0.25, 0.3) is 0 Å². The van der Waals surface area contributed by atoms with E-state index in [1.165, 1.54) is 4.90 Å². The number of carbonyl (C=O) groups excluding carboxylic acids is 2. The zero-order chi connectivity index (χ0) is 15.1. The molecule has 0 bridgehead atoms. The lowest BCUT2D eigenvalue weighted by Gasteiger charge is -2.24. The Morgan fingerprint density at radius 3 is 2.57 bits per heavy atom. The van der Waals surface area contributed by atoms with Crippen LogP contribution in [-0.4, -0.2) is 69.6 Å². The van der Waals surface area contributed by atoms with Crippen molar-refractivity contribution in [2.45, 2.75) is 37.8 Å². The molecule has 3 aliphatic rings. The highest BCUT2D eigenvalue weighted by Gasteiger charge is 2.44. The lowest BCUT2D eigenvalue weighted by molar-refractivity contribution is -0.149. The fourth-order valence-electron chi connectivity index (χ4n) is 3.25. The molecule has 0 spiro atoms. The smallest absolute Gasteiger partial charge is 0.326 e. The van der Waals surface area contributed by atoms with Gasteiger partial charge in [-0.3, -0.25) is 9.59 Å². The second-order valence-electron chi connectivity index (χ2n) is 6.38. The summed E-state index contributed by atoms with van der Waals surface area (Å²) in [6.07, 6.45) is 1.71. The van der Waals surface area contributed by atoms with Crippen molar-refractivity contribution in [3.05, 3.63) is 0 Å². The molecule has 3 atom stereocenters. The number of likely N-dealkylation sites (tertiary alicyclic amines) is 2. The summed E-state index contributed by atoms with van der Waals surface area (Å²) in [6.45, 7) is 1.14. The van der Waals surface area contributed by atoms with Gasteiger partial charge < -0.3 is 20.0 Å². The van der Waals surface area contributed by atoms with Gasteiger partial charge in [0.25, 0.3) is 0 Å². The first-order chi connectivity index (χ1) is 9.95. The number of hydrogen-bond acceptors (Lipinski definition) is 4. The average molecular weight is 296 g/mol. The molecule has 2 amide bonds. The number of amides is 2. The van der Waals surface area contributed by atoms with E-state index >= 15 is 0 Å². The Morgan fingerprint density at radius 2 is 1.95 bits per heavy atom. The predicted molar refractivity (Wildman–Crippen MR) is 71.2 cm³/mol. The van der Waals surface area contributed by atoms with Crippen LogP contribution in [0.5, 0.6) is 0 Å². The number of hydrogen-bond donors (Lipinski definition) is 2. The molecule has 0 radical (unpaired) electrons. The Kier molecular flexibility index (Phi) is 3.61. The summed E-state index contributed by atoms with van der Waals surface area (Å²) in [5, 5.41) is 18.7. The van der Waals surface area contributed by atoms with Gasteiger partial charge in [-0.05, 0) is 18.8 Å². The Balaban J connectivity index is 1.64. The van der Waals surface area contributed by atoms with E-state index in [9.17, 15) is 19.5 Å². The number of carboxylic acids is 1. The SMILES string of the molecule is O=C(O)[C@@H]1C[C@@H](O)CN1C(=O)C1CC(=O)N(CC2CC2)C1. The van der Waals surface area contributed by atoms with Gasteiger partial charge in [-0.1, -0.05) is 0 Å². The highest BCUT2D eigenvalue weighted by Crippen LogP contribution is 2.33. The van der Waals surface area contributed by atoms with Gasteiger partial charge in [-0.2, -0.15) is 0 Å². The van der Waals surface area contributed by atoms with E-state index in [1.54, 1.807) is 4.90 Å². The number of β-amino-alcohol motifs (C(OH)–C–C–N with tert-alkyl or cyclic N) is 1. The molecule has 7 nitrogen and oxygen atoms in total. The number of nitrogens with zero attached hydrogens (tertiary/aromatic N) is 2. The van der Waals surface area contributed by atoms with Gasteiger partial charge in [0.05, 0.1) is 12.0 Å². The van der Waals surface area contributed by atoms with Crippen molar-refractivity contribution in [1.29, 1.82) is 0 Å². The fourth-order valence-corrected chi connectivity index (χ4v) is 3.25. The van der Waals surface area contributed by atoms with Gasteiger partial charge >= 0.3 is 5.97 Å². The molecule has 0 aromatic heterocycles. The molecule has 116 valence electrons. The van der Waals surface area contributed by atoms with Crippen molar-refractivity contribution in [1.82, 2.24) is 9.80 Å². The maximum Gasteiger partial charge on any atom is 0.326 e. The Labute approximate surface area is 122 Å². The van der Waals surface area contributed by atoms with Crippen LogP contribution in [0.3, 0.4) is 0 Å². The minimum Gasteiger partial charge on any atom is -0.480 e. The lowest BCUT2D eigenvalue weighted by atomic mass is 10.1. The number of aliphatic hydroxyl groups is 1. The van der Waals surface area contributed by atoms with Crippen LogP contribution in [0.1, 0.15) is 25.7 Å². The van der Waals surface area contributed by atoms with Crippen molar-refractivity contribution in [3.63, 3.8) is 0 Å². The number of carboxylic acid groups (broad SMARTS) is 1. The third-order valence-corrected chi connectivity index (χ3v) is 4.59. The van der Waals surface area contributed by atoms with Gasteiger partial charge in [0, 0.05) is 32.5 Å². The van der Waals surface area contributed by atoms with Crippen molar-refractivity contribution in [2.75, 3.05) is 19.6 Å². The molecule has 21 heavy (non-hydrogen) atoms. The molecule has 2 heterocycles. The summed E-state index contributed by atoms with van der Waals surface area (Å²) in [7, 11) is 0. The molecule has 0 aromatic carbocycles. The number of rotatable bonds is 4. The van der Waals surface area contributed by atoms with E-state index in [0.717, 1.165) is 12.8 Å². The fraction of sp³-hybridized carbons (Fsp3) is 0.786. The summed E-state index contributed by atoms with van der Waals surface area (Å²) in [5.74, 6) is -1.33. The highest BCUT2D eigenvalue weighted by atomic mass is 16.4. The molecule has 0 aromatic rings. The molecule has 1 saturated carbocycles. The second-order valence-corrected chi connectivity index (χ2v) is 6.38. The van der Waals surface area contributed by atoms with E-state index in [1.807, 2.05) is 0 Å². The number of aliphatic hydroxyl groups excluding tert-OH is 1. The highest BCUT2D eigenvalue weighted by molar-refractivity contribution is 5.91. The standard InChI is InChI=1S/C14H20N2O5/c17-10-4-11(14(20)21)16(7-10)13(19)9-3-12(18)15(6-9)5-8-1-2-8/h8-11,17H,1-7H2,(H,20,21)/t9?,10-,11+/m1/s1. The third kappa shape index (κ3) is 2.88. The van der Waals surface area contributed by atoms with Crippen LogP contribution < -0.4 is 0 Å². The zero-order valence-corrected chi connectivity index (χ0v) is 11.8. The average Bonchev–Trinajstić information content (AvgIpc) is 3.04. The Morgan fingerprint density at radius 1 is 1.24 bits per heavy atom. The van der Waals surface area contributed by atoms with E-state index in [4.69, 9.17) is 5.11 Å². The second kappa shape index (κ2) is 5.29. The first-order valence-corrected chi connectivity index (χ1v) is 7.45. The normalized spacial score (nSPS) is 32.8. The minimum absolute atomic E-state index is 0.0214. The van der Waals surface area contributed by atoms with E-state index in [0.29, 0.717) is 19.0 Å². The molecule has 2 aliphatic heterocycles. The summed E-state index contributed by atoms with van der Waals surface area (Å²) in [5.41, 5.74) is 0. The van der Waals surface area contributed by atoms with Crippen molar-refractivity contribution in [3.8, 4) is 0 Å². The zero-order valence-electron chi connectivity index (χ0n) is 11.8. The molecular formula is C14H20N2O5. The largest absolute Gasteiger partial charge is 0.480 e. The first kappa shape index (κ1) is 14.3. The van der Waals surface area contributed by atoms with Crippen LogP contribution >= 0.6 is 0 Å². The third-order valence-electron chi connectivity index (χ3n) is 4.59. The van der Waals surface area contributed by atoms with E-state index < -0.39 is 24.0 Å². The molecular weight excluding hydrogens is 276 g/mol. The van der Waals surface area contributed by atoms with Crippen molar-refractivity contribution in [2.24, 2.45) is 11.8 Å². The lowest BCUT2D eigenvalue weighted by Crippen LogP contribution is -2.44. The molecule has 3 rings (SSSR count). The Hall–Kier alpha value is -1.63. The monoisotopic (exact) mass is 296 g/mol. The molecule has 3 fully saturated rings.